The van der Waals surface area contributed by atoms with E-state index in [1.165, 1.54) is 0 Å². The first-order valence-corrected chi connectivity index (χ1v) is 4.59. The van der Waals surface area contributed by atoms with Gasteiger partial charge in [0.2, 0.25) is 0 Å². The Morgan fingerprint density at radius 2 is 1.92 bits per heavy atom. The van der Waals surface area contributed by atoms with Gasteiger partial charge in [-0.25, -0.2) is 0 Å². The lowest BCUT2D eigenvalue weighted by Crippen LogP contribution is -2.23. The van der Waals surface area contributed by atoms with Gasteiger partial charge < -0.3 is 4.74 Å². The largest absolute Gasteiger partial charge is 0.365 e. The van der Waals surface area contributed by atoms with Crippen LogP contribution in [0.25, 0.3) is 0 Å². The average molecular weight is 174 g/mol. The van der Waals surface area contributed by atoms with Crippen LogP contribution in [0.5, 0.6) is 0 Å². The van der Waals surface area contributed by atoms with Gasteiger partial charge in [0.15, 0.2) is 5.78 Å². The van der Waals surface area contributed by atoms with Crippen LogP contribution in [-0.2, 0) is 9.53 Å². The molecule has 4 atom stereocenters. The van der Waals surface area contributed by atoms with Gasteiger partial charge in [0.1, 0.15) is 0 Å². The summed E-state index contributed by atoms with van der Waals surface area (Å²) >= 11 is 0. The minimum atomic E-state index is 0.0231. The number of hydrogen-bond acceptors (Lipinski definition) is 2. The molecular weight excluding hydrogens is 164 g/mol. The second kappa shape index (κ2) is 2.42. The van der Waals surface area contributed by atoms with E-state index in [4.69, 9.17) is 4.74 Å². The van der Waals surface area contributed by atoms with Gasteiger partial charge in [-0.3, -0.25) is 4.79 Å². The highest BCUT2D eigenvalue weighted by atomic mass is 16.5. The number of fused-ring (bicyclic) bond motifs is 3. The zero-order valence-corrected chi connectivity index (χ0v) is 7.09. The fourth-order valence-corrected chi connectivity index (χ4v) is 2.37. The molecule has 0 aromatic heterocycles. The van der Waals surface area contributed by atoms with Crippen LogP contribution < -0.4 is 0 Å². The first kappa shape index (κ1) is 7.27. The average Bonchev–Trinajstić information content (AvgIpc) is 2.66. The standard InChI is InChI=1S/C11H10O2/c12-8-5-6-10-11(8)7-3-1-2-4-9(7)13-10/h1-7,9-11H. The zero-order chi connectivity index (χ0) is 8.84. The molecule has 4 unspecified atom stereocenters. The van der Waals surface area contributed by atoms with Crippen molar-refractivity contribution in [3.63, 3.8) is 0 Å². The number of rotatable bonds is 0. The molecule has 0 amide bonds. The predicted molar refractivity (Wildman–Crippen MR) is 48.1 cm³/mol. The minimum Gasteiger partial charge on any atom is -0.365 e. The van der Waals surface area contributed by atoms with Crippen molar-refractivity contribution in [2.24, 2.45) is 11.8 Å². The zero-order valence-electron chi connectivity index (χ0n) is 7.09. The molecular formula is C11H10O2. The van der Waals surface area contributed by atoms with Crippen molar-refractivity contribution in [1.82, 2.24) is 0 Å². The summed E-state index contributed by atoms with van der Waals surface area (Å²) in [5.74, 6) is 0.529. The van der Waals surface area contributed by atoms with Crippen LogP contribution in [0, 0.1) is 11.8 Å². The Morgan fingerprint density at radius 1 is 1.08 bits per heavy atom. The Labute approximate surface area is 76.6 Å². The summed E-state index contributed by atoms with van der Waals surface area (Å²) in [6.07, 6.45) is 11.8. The van der Waals surface area contributed by atoms with E-state index in [1.807, 2.05) is 24.3 Å². The van der Waals surface area contributed by atoms with Gasteiger partial charge in [0.25, 0.3) is 0 Å². The summed E-state index contributed by atoms with van der Waals surface area (Å²) in [6, 6.07) is 0. The van der Waals surface area contributed by atoms with Gasteiger partial charge in [-0.1, -0.05) is 30.4 Å². The van der Waals surface area contributed by atoms with Crippen LogP contribution in [0.3, 0.4) is 0 Å². The lowest BCUT2D eigenvalue weighted by Gasteiger charge is -2.16. The summed E-state index contributed by atoms with van der Waals surface area (Å²) in [5.41, 5.74) is 0. The first-order valence-electron chi connectivity index (χ1n) is 4.59. The van der Waals surface area contributed by atoms with Crippen LogP contribution in [0.4, 0.5) is 0 Å². The van der Waals surface area contributed by atoms with Crippen molar-refractivity contribution < 1.29 is 9.53 Å². The van der Waals surface area contributed by atoms with Crippen molar-refractivity contribution in [2.75, 3.05) is 0 Å². The van der Waals surface area contributed by atoms with Crippen LogP contribution in [0.15, 0.2) is 36.5 Å². The Hall–Kier alpha value is -1.15. The second-order valence-corrected chi connectivity index (χ2v) is 3.70. The quantitative estimate of drug-likeness (QED) is 0.552. The predicted octanol–water partition coefficient (Wildman–Crippen LogP) is 1.25. The molecule has 2 aliphatic carbocycles. The van der Waals surface area contributed by atoms with Crippen molar-refractivity contribution in [3.8, 4) is 0 Å². The lowest BCUT2D eigenvalue weighted by molar-refractivity contribution is -0.118. The fourth-order valence-electron chi connectivity index (χ4n) is 2.37. The van der Waals surface area contributed by atoms with E-state index in [0.29, 0.717) is 0 Å². The Morgan fingerprint density at radius 3 is 2.85 bits per heavy atom. The maximum absolute atomic E-state index is 11.5. The molecule has 3 aliphatic rings. The molecule has 0 N–H and O–H groups in total. The third kappa shape index (κ3) is 0.893. The van der Waals surface area contributed by atoms with E-state index in [1.54, 1.807) is 6.08 Å². The number of ether oxygens (including phenoxy) is 1. The van der Waals surface area contributed by atoms with E-state index >= 15 is 0 Å². The van der Waals surface area contributed by atoms with Crippen molar-refractivity contribution in [1.29, 1.82) is 0 Å². The smallest absolute Gasteiger partial charge is 0.162 e. The van der Waals surface area contributed by atoms with Gasteiger partial charge in [-0.2, -0.15) is 0 Å². The van der Waals surface area contributed by atoms with Gasteiger partial charge >= 0.3 is 0 Å². The molecule has 0 radical (unpaired) electrons. The molecule has 66 valence electrons. The number of carbonyl (C=O) groups excluding carboxylic acids is 1. The first-order chi connectivity index (χ1) is 6.36. The molecule has 1 saturated heterocycles. The lowest BCUT2D eigenvalue weighted by atomic mass is 9.85. The van der Waals surface area contributed by atoms with Crippen LogP contribution in [-0.4, -0.2) is 18.0 Å². The van der Waals surface area contributed by atoms with Gasteiger partial charge in [-0.05, 0) is 6.08 Å². The summed E-state index contributed by atoms with van der Waals surface area (Å²) in [7, 11) is 0. The SMILES string of the molecule is O=C1C=CC2OC3C=CC=CC3C12. The number of hydrogen-bond donors (Lipinski definition) is 0. The number of allylic oxidation sites excluding steroid dienone is 3. The van der Waals surface area contributed by atoms with Crippen molar-refractivity contribution in [2.45, 2.75) is 12.2 Å². The van der Waals surface area contributed by atoms with Crippen molar-refractivity contribution >= 4 is 5.78 Å². The van der Waals surface area contributed by atoms with Gasteiger partial charge in [0.05, 0.1) is 18.1 Å². The van der Waals surface area contributed by atoms with E-state index in [9.17, 15) is 4.79 Å². The maximum Gasteiger partial charge on any atom is 0.162 e. The Kier molecular flexibility index (Phi) is 1.35. The third-order valence-electron chi connectivity index (χ3n) is 2.99. The maximum atomic E-state index is 11.5. The molecule has 1 fully saturated rings. The second-order valence-electron chi connectivity index (χ2n) is 3.70. The highest BCUT2D eigenvalue weighted by Crippen LogP contribution is 2.40. The normalized spacial score (nSPS) is 45.4. The number of carbonyl (C=O) groups is 1. The third-order valence-corrected chi connectivity index (χ3v) is 2.99. The van der Waals surface area contributed by atoms with Gasteiger partial charge in [0, 0.05) is 5.92 Å². The monoisotopic (exact) mass is 174 g/mol. The molecule has 0 spiro atoms. The highest BCUT2D eigenvalue weighted by Gasteiger charge is 2.47. The van der Waals surface area contributed by atoms with E-state index in [-0.39, 0.29) is 29.8 Å². The molecule has 1 heterocycles. The van der Waals surface area contributed by atoms with Crippen LogP contribution in [0.1, 0.15) is 0 Å². The molecule has 2 nitrogen and oxygen atoms in total. The fraction of sp³-hybridized carbons (Fsp3) is 0.364. The molecule has 0 bridgehead atoms. The minimum absolute atomic E-state index is 0.0231. The summed E-state index contributed by atoms with van der Waals surface area (Å²) in [4.78, 5) is 11.5. The van der Waals surface area contributed by atoms with E-state index in [2.05, 4.69) is 6.08 Å². The molecule has 0 saturated carbocycles. The van der Waals surface area contributed by atoms with E-state index in [0.717, 1.165) is 0 Å². The number of ketones is 1. The van der Waals surface area contributed by atoms with E-state index < -0.39 is 0 Å². The van der Waals surface area contributed by atoms with Crippen LogP contribution in [0.2, 0.25) is 0 Å². The highest BCUT2D eigenvalue weighted by molar-refractivity contribution is 5.95. The topological polar surface area (TPSA) is 26.3 Å². The molecule has 0 aromatic rings. The summed E-state index contributed by atoms with van der Waals surface area (Å²) in [6.45, 7) is 0. The molecule has 13 heavy (non-hydrogen) atoms. The molecule has 1 aliphatic heterocycles. The Balaban J connectivity index is 1.98. The van der Waals surface area contributed by atoms with Gasteiger partial charge in [-0.15, -0.1) is 0 Å². The molecule has 3 rings (SSSR count). The summed E-state index contributed by atoms with van der Waals surface area (Å²) < 4.78 is 5.71. The molecule has 2 heteroatoms. The Bertz CT molecular complexity index is 336. The summed E-state index contributed by atoms with van der Waals surface area (Å²) in [5, 5.41) is 0. The molecule has 0 aromatic carbocycles. The van der Waals surface area contributed by atoms with Crippen LogP contribution >= 0.6 is 0 Å². The van der Waals surface area contributed by atoms with Crippen molar-refractivity contribution in [3.05, 3.63) is 36.5 Å².